The Morgan fingerprint density at radius 1 is 1.00 bits per heavy atom. The number of methoxy groups -OCH3 is 2. The topological polar surface area (TPSA) is 105 Å². The fourth-order valence-corrected chi connectivity index (χ4v) is 2.36. The number of hydrogen-bond donors (Lipinski definition) is 1. The van der Waals surface area contributed by atoms with E-state index in [4.69, 9.17) is 23.4 Å². The molecule has 0 bridgehead atoms. The van der Waals surface area contributed by atoms with E-state index in [0.717, 1.165) is 0 Å². The maximum absolute atomic E-state index is 11.9. The first-order valence-electron chi connectivity index (χ1n) is 8.81. The van der Waals surface area contributed by atoms with Crippen molar-refractivity contribution in [3.63, 3.8) is 0 Å². The summed E-state index contributed by atoms with van der Waals surface area (Å²) in [4.78, 5) is 11.9. The molecule has 0 aliphatic rings. The van der Waals surface area contributed by atoms with Gasteiger partial charge in [0.15, 0.2) is 12.4 Å². The van der Waals surface area contributed by atoms with Crippen LogP contribution in [0, 0.1) is 0 Å². The van der Waals surface area contributed by atoms with Gasteiger partial charge in [0.2, 0.25) is 5.88 Å². The van der Waals surface area contributed by atoms with E-state index in [-0.39, 0.29) is 19.1 Å². The van der Waals surface area contributed by atoms with Crippen LogP contribution in [0.1, 0.15) is 0 Å². The molecule has 2 heterocycles. The van der Waals surface area contributed by atoms with E-state index in [2.05, 4.69) is 15.5 Å². The largest absolute Gasteiger partial charge is 0.496 e. The monoisotopic (exact) mass is 399 g/mol. The lowest BCUT2D eigenvalue weighted by molar-refractivity contribution is -0.123. The van der Waals surface area contributed by atoms with E-state index >= 15 is 0 Å². The molecule has 0 saturated heterocycles. The molecule has 2 aromatic heterocycles. The average molecular weight is 399 g/mol. The number of ether oxygens (including phenoxy) is 4. The maximum atomic E-state index is 11.9. The Hall–Kier alpha value is -3.75. The van der Waals surface area contributed by atoms with Gasteiger partial charge in [-0.2, -0.15) is 0 Å². The number of hydrogen-bond acceptors (Lipinski definition) is 8. The number of aromatic nitrogens is 2. The van der Waals surface area contributed by atoms with E-state index < -0.39 is 0 Å². The number of nitrogens with zero attached hydrogens (tertiary/aromatic N) is 2. The molecule has 0 saturated carbocycles. The normalized spacial score (nSPS) is 10.3. The zero-order chi connectivity index (χ0) is 20.5. The lowest BCUT2D eigenvalue weighted by atomic mass is 10.3. The van der Waals surface area contributed by atoms with Gasteiger partial charge in [-0.15, -0.1) is 10.2 Å². The van der Waals surface area contributed by atoms with Gasteiger partial charge in [0, 0.05) is 24.3 Å². The molecule has 1 aromatic carbocycles. The van der Waals surface area contributed by atoms with Crippen LogP contribution in [-0.2, 0) is 4.79 Å². The van der Waals surface area contributed by atoms with Gasteiger partial charge in [0.25, 0.3) is 5.91 Å². The summed E-state index contributed by atoms with van der Waals surface area (Å²) >= 11 is 0. The van der Waals surface area contributed by atoms with Gasteiger partial charge in [0.05, 0.1) is 27.0 Å². The van der Waals surface area contributed by atoms with Crippen LogP contribution in [0.5, 0.6) is 23.1 Å². The minimum Gasteiger partial charge on any atom is -0.496 e. The van der Waals surface area contributed by atoms with Crippen LogP contribution in [0.3, 0.4) is 0 Å². The van der Waals surface area contributed by atoms with Crippen LogP contribution in [-0.4, -0.2) is 50.1 Å². The summed E-state index contributed by atoms with van der Waals surface area (Å²) in [6.07, 6.45) is 1.57. The molecule has 1 N–H and O–H groups in total. The predicted octanol–water partition coefficient (Wildman–Crippen LogP) is 2.33. The number of carbonyl (C=O) groups is 1. The predicted molar refractivity (Wildman–Crippen MR) is 103 cm³/mol. The van der Waals surface area contributed by atoms with Crippen LogP contribution >= 0.6 is 0 Å². The summed E-state index contributed by atoms with van der Waals surface area (Å²) in [5.41, 5.74) is 0.613. The molecule has 152 valence electrons. The number of furan rings is 1. The van der Waals surface area contributed by atoms with Gasteiger partial charge in [-0.3, -0.25) is 4.79 Å². The quantitative estimate of drug-likeness (QED) is 0.518. The molecule has 9 heteroatoms. The molecule has 0 aliphatic carbocycles. The second-order valence-corrected chi connectivity index (χ2v) is 5.77. The molecule has 0 aliphatic heterocycles. The van der Waals surface area contributed by atoms with Crippen LogP contribution < -0.4 is 24.3 Å². The lowest BCUT2D eigenvalue weighted by Crippen LogP contribution is -2.32. The number of amides is 1. The summed E-state index contributed by atoms with van der Waals surface area (Å²) in [6, 6.07) is 12.1. The fraction of sp³-hybridized carbons (Fsp3) is 0.250. The molecular formula is C20H21N3O6. The highest BCUT2D eigenvalue weighted by molar-refractivity contribution is 5.77. The molecule has 3 aromatic rings. The molecule has 0 unspecified atom stereocenters. The van der Waals surface area contributed by atoms with E-state index in [1.54, 1.807) is 62.9 Å². The molecule has 1 amide bonds. The minimum atomic E-state index is -0.283. The van der Waals surface area contributed by atoms with Crippen LogP contribution in [0.15, 0.2) is 53.1 Å². The van der Waals surface area contributed by atoms with Crippen LogP contribution in [0.25, 0.3) is 11.5 Å². The van der Waals surface area contributed by atoms with E-state index in [9.17, 15) is 4.79 Å². The van der Waals surface area contributed by atoms with Gasteiger partial charge in [-0.25, -0.2) is 0 Å². The third kappa shape index (κ3) is 5.86. The Morgan fingerprint density at radius 3 is 2.38 bits per heavy atom. The molecule has 29 heavy (non-hydrogen) atoms. The summed E-state index contributed by atoms with van der Waals surface area (Å²) in [5.74, 6) is 2.33. The van der Waals surface area contributed by atoms with E-state index in [1.165, 1.54) is 0 Å². The highest BCUT2D eigenvalue weighted by atomic mass is 16.5. The Morgan fingerprint density at radius 2 is 1.76 bits per heavy atom. The molecule has 0 radical (unpaired) electrons. The summed E-state index contributed by atoms with van der Waals surface area (Å²) in [6.45, 7) is 0.396. The summed E-state index contributed by atoms with van der Waals surface area (Å²) in [5, 5.41) is 10.7. The highest BCUT2D eigenvalue weighted by Crippen LogP contribution is 2.27. The van der Waals surface area contributed by atoms with Gasteiger partial charge in [-0.1, -0.05) is 0 Å². The highest BCUT2D eigenvalue weighted by Gasteiger charge is 2.07. The number of nitrogens with one attached hydrogen (secondary N) is 1. The van der Waals surface area contributed by atoms with Crippen molar-refractivity contribution >= 4 is 5.91 Å². The maximum Gasteiger partial charge on any atom is 0.258 e. The SMILES string of the molecule is COc1cc(OC)cc(OCC(=O)NCCOc2ccc(-c3ccco3)nn2)c1. The Balaban J connectivity index is 1.38. The molecular weight excluding hydrogens is 378 g/mol. The fourth-order valence-electron chi connectivity index (χ4n) is 2.36. The van der Waals surface area contributed by atoms with E-state index in [0.29, 0.717) is 41.1 Å². The van der Waals surface area contributed by atoms with Gasteiger partial charge in [0.1, 0.15) is 29.5 Å². The van der Waals surface area contributed by atoms with Crippen LogP contribution in [0.2, 0.25) is 0 Å². The Kier molecular flexibility index (Phi) is 6.88. The number of benzene rings is 1. The Bertz CT molecular complexity index is 890. The third-order valence-corrected chi connectivity index (χ3v) is 3.78. The second-order valence-electron chi connectivity index (χ2n) is 5.77. The second kappa shape index (κ2) is 9.98. The molecule has 0 spiro atoms. The van der Waals surface area contributed by atoms with Crippen molar-refractivity contribution in [2.24, 2.45) is 0 Å². The van der Waals surface area contributed by atoms with Crippen LogP contribution in [0.4, 0.5) is 0 Å². The van der Waals surface area contributed by atoms with Crippen molar-refractivity contribution < 1.29 is 28.2 Å². The first-order chi connectivity index (χ1) is 14.2. The molecule has 3 rings (SSSR count). The van der Waals surface area contributed by atoms with Crippen molar-refractivity contribution in [2.75, 3.05) is 34.0 Å². The minimum absolute atomic E-state index is 0.145. The van der Waals surface area contributed by atoms with Gasteiger partial charge in [-0.05, 0) is 18.2 Å². The van der Waals surface area contributed by atoms with Crippen molar-refractivity contribution in [1.29, 1.82) is 0 Å². The first kappa shape index (κ1) is 20.0. The van der Waals surface area contributed by atoms with Gasteiger partial charge < -0.3 is 28.7 Å². The molecule has 0 atom stereocenters. The van der Waals surface area contributed by atoms with Crippen molar-refractivity contribution in [3.8, 4) is 34.6 Å². The lowest BCUT2D eigenvalue weighted by Gasteiger charge is -2.10. The van der Waals surface area contributed by atoms with E-state index in [1.807, 2.05) is 0 Å². The van der Waals surface area contributed by atoms with Crippen molar-refractivity contribution in [3.05, 3.63) is 48.7 Å². The number of rotatable bonds is 10. The standard InChI is InChI=1S/C20H21N3O6/c1-25-14-10-15(26-2)12-16(11-14)29-13-19(24)21-7-9-28-20-6-5-17(22-23-20)18-4-3-8-27-18/h3-6,8,10-12H,7,9,13H2,1-2H3,(H,21,24). The van der Waals surface area contributed by atoms with Crippen molar-refractivity contribution in [2.45, 2.75) is 0 Å². The smallest absolute Gasteiger partial charge is 0.258 e. The Labute approximate surface area is 167 Å². The third-order valence-electron chi connectivity index (χ3n) is 3.78. The summed E-state index contributed by atoms with van der Waals surface area (Å²) in [7, 11) is 3.08. The summed E-state index contributed by atoms with van der Waals surface area (Å²) < 4.78 is 26.5. The zero-order valence-corrected chi connectivity index (χ0v) is 16.1. The zero-order valence-electron chi connectivity index (χ0n) is 16.1. The first-order valence-corrected chi connectivity index (χ1v) is 8.81. The average Bonchev–Trinajstić information content (AvgIpc) is 3.30. The molecule has 0 fully saturated rings. The van der Waals surface area contributed by atoms with Crippen molar-refractivity contribution in [1.82, 2.24) is 15.5 Å². The van der Waals surface area contributed by atoms with Gasteiger partial charge >= 0.3 is 0 Å². The molecule has 9 nitrogen and oxygen atoms in total. The number of carbonyl (C=O) groups excluding carboxylic acids is 1.